The summed E-state index contributed by atoms with van der Waals surface area (Å²) in [6.45, 7) is 0. The number of anilines is 3. The molecule has 3 rings (SSSR count). The minimum Gasteiger partial charge on any atom is -0.481 e. The molecule has 16 heteroatoms. The van der Waals surface area contributed by atoms with Gasteiger partial charge in [0.25, 0.3) is 10.0 Å². The number of nitrogens with zero attached hydrogens (tertiary/aromatic N) is 5. The molecule has 2 heterocycles. The van der Waals surface area contributed by atoms with Crippen molar-refractivity contribution in [2.75, 3.05) is 24.3 Å². The van der Waals surface area contributed by atoms with Gasteiger partial charge in [0, 0.05) is 11.8 Å². The number of benzene rings is 1. The first-order valence-electron chi connectivity index (χ1n) is 8.78. The van der Waals surface area contributed by atoms with Crippen molar-refractivity contribution in [1.82, 2.24) is 15.0 Å². The van der Waals surface area contributed by atoms with Gasteiger partial charge in [0.1, 0.15) is 12.4 Å². The van der Waals surface area contributed by atoms with Crippen molar-refractivity contribution < 1.29 is 27.7 Å². The highest BCUT2D eigenvalue weighted by Gasteiger charge is 2.26. The van der Waals surface area contributed by atoms with Crippen LogP contribution in [-0.4, -0.2) is 47.4 Å². The topological polar surface area (TPSA) is 202 Å². The minimum atomic E-state index is -4.10. The molecule has 0 fully saturated rings. The molecular weight excluding hydrogens is 462 g/mol. The second-order valence-electron chi connectivity index (χ2n) is 6.10. The lowest BCUT2D eigenvalue weighted by molar-refractivity contribution is -0.392. The van der Waals surface area contributed by atoms with E-state index in [-0.39, 0.29) is 28.3 Å². The molecule has 0 atom stereocenters. The van der Waals surface area contributed by atoms with Crippen LogP contribution < -0.4 is 19.5 Å². The van der Waals surface area contributed by atoms with Crippen LogP contribution in [0.2, 0.25) is 0 Å². The Hall–Kier alpha value is -4.60. The molecule has 3 aromatic rings. The Labute approximate surface area is 185 Å². The van der Waals surface area contributed by atoms with E-state index in [1.165, 1.54) is 44.6 Å². The lowest BCUT2D eigenvalue weighted by Gasteiger charge is -2.11. The fraction of sp³-hybridized carbons (Fsp3) is 0.118. The second kappa shape index (κ2) is 9.27. The first kappa shape index (κ1) is 23.1. The van der Waals surface area contributed by atoms with Crippen molar-refractivity contribution in [2.24, 2.45) is 0 Å². The monoisotopic (exact) mass is 477 g/mol. The fourth-order valence-corrected chi connectivity index (χ4v) is 3.55. The highest BCUT2D eigenvalue weighted by atomic mass is 32.2. The van der Waals surface area contributed by atoms with E-state index in [2.05, 4.69) is 25.0 Å². The Balaban J connectivity index is 1.88. The number of aromatic nitrogens is 3. The summed E-state index contributed by atoms with van der Waals surface area (Å²) in [6.07, 6.45) is 1.73. The highest BCUT2D eigenvalue weighted by Crippen LogP contribution is 2.35. The number of nitro groups is 2. The van der Waals surface area contributed by atoms with Gasteiger partial charge in [-0.25, -0.2) is 8.42 Å². The molecule has 0 radical (unpaired) electrons. The molecule has 33 heavy (non-hydrogen) atoms. The van der Waals surface area contributed by atoms with Gasteiger partial charge in [-0.1, -0.05) is 0 Å². The van der Waals surface area contributed by atoms with Crippen LogP contribution in [0.5, 0.6) is 11.9 Å². The Morgan fingerprint density at radius 3 is 2.06 bits per heavy atom. The molecule has 1 aromatic carbocycles. The predicted octanol–water partition coefficient (Wildman–Crippen LogP) is 2.25. The molecule has 0 spiro atoms. The van der Waals surface area contributed by atoms with Crippen LogP contribution in [0.15, 0.2) is 47.6 Å². The fourth-order valence-electron chi connectivity index (χ4n) is 2.55. The SMILES string of the molecule is COc1cc(NS(=O)(=O)c2ccc(Nc3c([N+](=O)[O-])cncc3[N+](=O)[O-])cc2)nc(OC)n1. The zero-order valence-electron chi connectivity index (χ0n) is 17.0. The van der Waals surface area contributed by atoms with Crippen molar-refractivity contribution in [3.8, 4) is 11.9 Å². The molecule has 2 aromatic heterocycles. The number of hydrogen-bond acceptors (Lipinski definition) is 12. The number of nitrogens with one attached hydrogen (secondary N) is 2. The van der Waals surface area contributed by atoms with Gasteiger partial charge in [0.05, 0.1) is 29.0 Å². The summed E-state index contributed by atoms with van der Waals surface area (Å²) in [4.78, 5) is 31.9. The van der Waals surface area contributed by atoms with Gasteiger partial charge >= 0.3 is 17.4 Å². The standard InChI is InChI=1S/C17H15N7O8S/c1-31-15-7-14(20-17(21-15)32-2)22-33(29,30)11-5-3-10(4-6-11)19-16-12(23(25)26)8-18-9-13(16)24(27)28/h3-9H,1-2H3,(H,18,19)(H,20,21,22). The first-order chi connectivity index (χ1) is 15.6. The Kier molecular flexibility index (Phi) is 6.48. The van der Waals surface area contributed by atoms with E-state index in [4.69, 9.17) is 9.47 Å². The van der Waals surface area contributed by atoms with Crippen LogP contribution >= 0.6 is 0 Å². The molecule has 172 valence electrons. The van der Waals surface area contributed by atoms with Crippen molar-refractivity contribution in [2.45, 2.75) is 4.90 Å². The third kappa shape index (κ3) is 5.18. The number of hydrogen-bond donors (Lipinski definition) is 2. The van der Waals surface area contributed by atoms with Crippen molar-refractivity contribution >= 4 is 38.6 Å². The van der Waals surface area contributed by atoms with E-state index in [1.807, 2.05) is 0 Å². The van der Waals surface area contributed by atoms with Gasteiger partial charge in [-0.05, 0) is 24.3 Å². The molecular formula is C17H15N7O8S. The van der Waals surface area contributed by atoms with Gasteiger partial charge in [-0.15, -0.1) is 0 Å². The van der Waals surface area contributed by atoms with Crippen LogP contribution in [0.4, 0.5) is 28.6 Å². The maximum absolute atomic E-state index is 12.7. The van der Waals surface area contributed by atoms with E-state index in [1.54, 1.807) is 0 Å². The van der Waals surface area contributed by atoms with Crippen LogP contribution in [0.25, 0.3) is 0 Å². The lowest BCUT2D eigenvalue weighted by atomic mass is 10.2. The highest BCUT2D eigenvalue weighted by molar-refractivity contribution is 7.92. The van der Waals surface area contributed by atoms with Crippen molar-refractivity contribution in [3.63, 3.8) is 0 Å². The first-order valence-corrected chi connectivity index (χ1v) is 10.3. The van der Waals surface area contributed by atoms with Crippen LogP contribution in [0.1, 0.15) is 0 Å². The van der Waals surface area contributed by atoms with E-state index in [0.29, 0.717) is 0 Å². The molecule has 0 amide bonds. The molecule has 0 saturated carbocycles. The number of pyridine rings is 1. The average molecular weight is 477 g/mol. The largest absolute Gasteiger partial charge is 0.481 e. The summed E-state index contributed by atoms with van der Waals surface area (Å²) < 4.78 is 37.5. The maximum atomic E-state index is 12.7. The van der Waals surface area contributed by atoms with Crippen LogP contribution in [0, 0.1) is 20.2 Å². The zero-order valence-corrected chi connectivity index (χ0v) is 17.8. The normalized spacial score (nSPS) is 10.8. The van der Waals surface area contributed by atoms with E-state index in [0.717, 1.165) is 12.4 Å². The Morgan fingerprint density at radius 1 is 0.939 bits per heavy atom. The molecule has 2 N–H and O–H groups in total. The quantitative estimate of drug-likeness (QED) is 0.336. The lowest BCUT2D eigenvalue weighted by Crippen LogP contribution is -2.14. The van der Waals surface area contributed by atoms with Crippen LogP contribution in [-0.2, 0) is 10.0 Å². The molecule has 0 saturated heterocycles. The van der Waals surface area contributed by atoms with E-state index in [9.17, 15) is 28.6 Å². The number of sulfonamides is 1. The maximum Gasteiger partial charge on any atom is 0.321 e. The third-order valence-electron chi connectivity index (χ3n) is 4.05. The van der Waals surface area contributed by atoms with E-state index < -0.39 is 36.9 Å². The molecule has 0 aliphatic rings. The van der Waals surface area contributed by atoms with Gasteiger partial charge < -0.3 is 14.8 Å². The average Bonchev–Trinajstić information content (AvgIpc) is 2.78. The molecule has 15 nitrogen and oxygen atoms in total. The molecule has 0 aliphatic heterocycles. The summed E-state index contributed by atoms with van der Waals surface area (Å²) >= 11 is 0. The number of ether oxygens (including phenoxy) is 2. The Bertz CT molecular complexity index is 1260. The summed E-state index contributed by atoms with van der Waals surface area (Å²) in [5, 5.41) is 25.0. The molecule has 0 aliphatic carbocycles. The second-order valence-corrected chi connectivity index (χ2v) is 7.79. The van der Waals surface area contributed by atoms with Gasteiger partial charge in [-0.2, -0.15) is 9.97 Å². The van der Waals surface area contributed by atoms with Gasteiger partial charge in [0.15, 0.2) is 11.5 Å². The number of methoxy groups -OCH3 is 2. The predicted molar refractivity (Wildman–Crippen MR) is 113 cm³/mol. The third-order valence-corrected chi connectivity index (χ3v) is 5.42. The van der Waals surface area contributed by atoms with Crippen LogP contribution in [0.3, 0.4) is 0 Å². The summed E-state index contributed by atoms with van der Waals surface area (Å²) in [6, 6.07) is 6.08. The Morgan fingerprint density at radius 2 is 1.55 bits per heavy atom. The summed E-state index contributed by atoms with van der Waals surface area (Å²) in [7, 11) is -1.46. The smallest absolute Gasteiger partial charge is 0.321 e. The summed E-state index contributed by atoms with van der Waals surface area (Å²) in [5.41, 5.74) is -1.46. The summed E-state index contributed by atoms with van der Waals surface area (Å²) in [5.74, 6) is -0.0384. The van der Waals surface area contributed by atoms with Gasteiger partial charge in [0.2, 0.25) is 5.88 Å². The van der Waals surface area contributed by atoms with Crippen molar-refractivity contribution in [1.29, 1.82) is 0 Å². The van der Waals surface area contributed by atoms with Gasteiger partial charge in [-0.3, -0.25) is 29.9 Å². The molecule has 0 unspecified atom stereocenters. The zero-order chi connectivity index (χ0) is 24.2. The van der Waals surface area contributed by atoms with Crippen molar-refractivity contribution in [3.05, 3.63) is 63.0 Å². The van der Waals surface area contributed by atoms with E-state index >= 15 is 0 Å². The molecule has 0 bridgehead atoms. The number of rotatable bonds is 9. The minimum absolute atomic E-state index is 0.0691.